The first-order chi connectivity index (χ1) is 14.5. The van der Waals surface area contributed by atoms with Crippen LogP contribution in [0.3, 0.4) is 0 Å². The van der Waals surface area contributed by atoms with Crippen LogP contribution in [0.2, 0.25) is 5.02 Å². The first kappa shape index (κ1) is 20.0. The highest BCUT2D eigenvalue weighted by Crippen LogP contribution is 2.38. The molecule has 0 aliphatic carbocycles. The number of carbonyl (C=O) groups excluding carboxylic acids is 1. The zero-order chi connectivity index (χ0) is 21.3. The molecule has 1 heterocycles. The second-order valence-corrected chi connectivity index (χ2v) is 7.19. The van der Waals surface area contributed by atoms with E-state index in [2.05, 4.69) is 0 Å². The van der Waals surface area contributed by atoms with Crippen LogP contribution in [0.1, 0.15) is 27.0 Å². The van der Waals surface area contributed by atoms with Crippen molar-refractivity contribution in [2.45, 2.75) is 13.5 Å². The van der Waals surface area contributed by atoms with E-state index in [9.17, 15) is 9.18 Å². The molecule has 0 unspecified atom stereocenters. The van der Waals surface area contributed by atoms with Crippen LogP contribution in [-0.2, 0) is 6.61 Å². The van der Waals surface area contributed by atoms with Crippen LogP contribution in [0.5, 0.6) is 17.2 Å². The van der Waals surface area contributed by atoms with E-state index in [-0.39, 0.29) is 23.7 Å². The Morgan fingerprint density at radius 2 is 1.93 bits per heavy atom. The molecule has 4 nitrogen and oxygen atoms in total. The van der Waals surface area contributed by atoms with Crippen molar-refractivity contribution in [2.24, 2.45) is 0 Å². The summed E-state index contributed by atoms with van der Waals surface area (Å²) in [6.45, 7) is 1.76. The fraction of sp³-hybridized carbons (Fsp3) is 0.125. The Hall–Kier alpha value is -3.31. The van der Waals surface area contributed by atoms with Gasteiger partial charge in [0.05, 0.1) is 17.7 Å². The smallest absolute Gasteiger partial charge is 0.232 e. The van der Waals surface area contributed by atoms with Crippen molar-refractivity contribution < 1.29 is 23.4 Å². The third-order valence-electron chi connectivity index (χ3n) is 4.81. The van der Waals surface area contributed by atoms with E-state index in [1.165, 1.54) is 12.1 Å². The Morgan fingerprint density at radius 3 is 2.70 bits per heavy atom. The molecule has 0 spiro atoms. The maximum Gasteiger partial charge on any atom is 0.232 e. The highest BCUT2D eigenvalue weighted by molar-refractivity contribution is 6.31. The van der Waals surface area contributed by atoms with Gasteiger partial charge >= 0.3 is 0 Å². The molecule has 0 saturated carbocycles. The van der Waals surface area contributed by atoms with Crippen LogP contribution in [0.4, 0.5) is 4.39 Å². The monoisotopic (exact) mass is 424 g/mol. The lowest BCUT2D eigenvalue weighted by Gasteiger charge is -2.11. The van der Waals surface area contributed by atoms with Gasteiger partial charge in [0.1, 0.15) is 29.7 Å². The minimum absolute atomic E-state index is 0.0401. The molecule has 0 aromatic heterocycles. The van der Waals surface area contributed by atoms with Crippen molar-refractivity contribution in [1.29, 1.82) is 0 Å². The number of allylic oxidation sites excluding steroid dienone is 1. The van der Waals surface area contributed by atoms with E-state index in [0.29, 0.717) is 33.4 Å². The number of benzene rings is 3. The molecule has 0 bridgehead atoms. The molecule has 0 amide bonds. The Morgan fingerprint density at radius 1 is 1.13 bits per heavy atom. The Kier molecular flexibility index (Phi) is 5.46. The molecular weight excluding hydrogens is 407 g/mol. The van der Waals surface area contributed by atoms with Gasteiger partial charge in [0, 0.05) is 17.2 Å². The standard InChI is InChI=1S/C24H18ClFO4/c1-14-10-16(29-13-17-18(25)7-5-8-19(17)26)12-21-23(14)24(27)22(30-21)11-15-6-3-4-9-20(15)28-2/h3-12H,13H2,1-2H3/b22-11-. The number of Topliss-reactive ketones (excluding diaryl/α,β-unsaturated/α-hetero) is 1. The Balaban J connectivity index is 1.60. The van der Waals surface area contributed by atoms with Gasteiger partial charge < -0.3 is 14.2 Å². The molecule has 1 aliphatic rings. The number of fused-ring (bicyclic) bond motifs is 1. The van der Waals surface area contributed by atoms with Crippen molar-refractivity contribution in [1.82, 2.24) is 0 Å². The molecule has 0 radical (unpaired) electrons. The summed E-state index contributed by atoms with van der Waals surface area (Å²) in [4.78, 5) is 12.9. The molecule has 30 heavy (non-hydrogen) atoms. The van der Waals surface area contributed by atoms with Gasteiger partial charge in [0.15, 0.2) is 5.76 Å². The number of ketones is 1. The number of hydrogen-bond donors (Lipinski definition) is 0. The molecule has 0 saturated heterocycles. The van der Waals surface area contributed by atoms with E-state index in [4.69, 9.17) is 25.8 Å². The fourth-order valence-electron chi connectivity index (χ4n) is 3.31. The van der Waals surface area contributed by atoms with Gasteiger partial charge in [-0.15, -0.1) is 0 Å². The summed E-state index contributed by atoms with van der Waals surface area (Å²) in [6, 6.07) is 15.2. The van der Waals surface area contributed by atoms with Gasteiger partial charge in [-0.25, -0.2) is 4.39 Å². The maximum absolute atomic E-state index is 14.0. The first-order valence-electron chi connectivity index (χ1n) is 9.25. The van der Waals surface area contributed by atoms with E-state index >= 15 is 0 Å². The largest absolute Gasteiger partial charge is 0.496 e. The quantitative estimate of drug-likeness (QED) is 0.472. The summed E-state index contributed by atoms with van der Waals surface area (Å²) >= 11 is 6.05. The molecule has 3 aromatic rings. The summed E-state index contributed by atoms with van der Waals surface area (Å²) in [5.41, 5.74) is 2.19. The summed E-state index contributed by atoms with van der Waals surface area (Å²) in [6.07, 6.45) is 1.65. The summed E-state index contributed by atoms with van der Waals surface area (Å²) < 4.78 is 30.9. The lowest BCUT2D eigenvalue weighted by atomic mass is 10.0. The van der Waals surface area contributed by atoms with Crippen LogP contribution in [0, 0.1) is 12.7 Å². The molecule has 1 aliphatic heterocycles. The van der Waals surface area contributed by atoms with Crippen LogP contribution in [0.25, 0.3) is 6.08 Å². The SMILES string of the molecule is COc1ccccc1/C=C1\Oc2cc(OCc3c(F)cccc3Cl)cc(C)c2C1=O. The van der Waals surface area contributed by atoms with Gasteiger partial charge in [-0.3, -0.25) is 4.79 Å². The van der Waals surface area contributed by atoms with Crippen LogP contribution in [0.15, 0.2) is 60.4 Å². The van der Waals surface area contributed by atoms with Crippen LogP contribution >= 0.6 is 11.6 Å². The van der Waals surface area contributed by atoms with E-state index in [1.807, 2.05) is 24.3 Å². The Labute approximate surface area is 178 Å². The number of halogens is 2. The van der Waals surface area contributed by atoms with Crippen molar-refractivity contribution in [3.63, 3.8) is 0 Å². The highest BCUT2D eigenvalue weighted by Gasteiger charge is 2.30. The second kappa shape index (κ2) is 8.20. The van der Waals surface area contributed by atoms with Gasteiger partial charge in [0.25, 0.3) is 0 Å². The zero-order valence-corrected chi connectivity index (χ0v) is 17.1. The minimum atomic E-state index is -0.436. The van der Waals surface area contributed by atoms with E-state index in [0.717, 1.165) is 5.56 Å². The first-order valence-corrected chi connectivity index (χ1v) is 9.63. The third-order valence-corrected chi connectivity index (χ3v) is 5.17. The topological polar surface area (TPSA) is 44.8 Å². The van der Waals surface area contributed by atoms with E-state index < -0.39 is 5.82 Å². The molecule has 3 aromatic carbocycles. The molecule has 0 atom stereocenters. The van der Waals surface area contributed by atoms with Crippen molar-refractivity contribution in [3.8, 4) is 17.2 Å². The van der Waals surface area contributed by atoms with Crippen molar-refractivity contribution >= 4 is 23.5 Å². The summed E-state index contributed by atoms with van der Waals surface area (Å²) in [7, 11) is 1.57. The fourth-order valence-corrected chi connectivity index (χ4v) is 3.53. The average Bonchev–Trinajstić information content (AvgIpc) is 3.03. The molecule has 152 valence electrons. The zero-order valence-electron chi connectivity index (χ0n) is 16.4. The lowest BCUT2D eigenvalue weighted by Crippen LogP contribution is -2.01. The predicted octanol–water partition coefficient (Wildman–Crippen LogP) is 5.99. The number of aryl methyl sites for hydroxylation is 1. The molecule has 0 N–H and O–H groups in total. The Bertz CT molecular complexity index is 1150. The molecule has 4 rings (SSSR count). The molecule has 0 fully saturated rings. The molecule has 6 heteroatoms. The maximum atomic E-state index is 14.0. The van der Waals surface area contributed by atoms with Gasteiger partial charge in [-0.1, -0.05) is 35.9 Å². The van der Waals surface area contributed by atoms with Crippen LogP contribution < -0.4 is 14.2 Å². The number of methoxy groups -OCH3 is 1. The number of ether oxygens (including phenoxy) is 3. The number of rotatable bonds is 5. The summed E-state index contributed by atoms with van der Waals surface area (Å²) in [5.74, 6) is 1.05. The number of para-hydroxylation sites is 1. The second-order valence-electron chi connectivity index (χ2n) is 6.78. The van der Waals surface area contributed by atoms with Crippen molar-refractivity contribution in [2.75, 3.05) is 7.11 Å². The van der Waals surface area contributed by atoms with Crippen LogP contribution in [-0.4, -0.2) is 12.9 Å². The number of carbonyl (C=O) groups is 1. The minimum Gasteiger partial charge on any atom is -0.496 e. The normalized spacial score (nSPS) is 13.9. The van der Waals surface area contributed by atoms with E-state index in [1.54, 1.807) is 38.3 Å². The lowest BCUT2D eigenvalue weighted by molar-refractivity contribution is 0.101. The molecular formula is C24H18ClFO4. The van der Waals surface area contributed by atoms with Crippen molar-refractivity contribution in [3.05, 3.63) is 93.5 Å². The van der Waals surface area contributed by atoms with Gasteiger partial charge in [-0.2, -0.15) is 0 Å². The van der Waals surface area contributed by atoms with Gasteiger partial charge in [0.2, 0.25) is 5.78 Å². The van der Waals surface area contributed by atoms with Gasteiger partial charge in [-0.05, 0) is 42.8 Å². The third kappa shape index (κ3) is 3.76. The predicted molar refractivity (Wildman–Crippen MR) is 113 cm³/mol. The highest BCUT2D eigenvalue weighted by atomic mass is 35.5. The average molecular weight is 425 g/mol. The number of hydrogen-bond acceptors (Lipinski definition) is 4. The summed E-state index contributed by atoms with van der Waals surface area (Å²) in [5, 5.41) is 0.293.